The first-order chi connectivity index (χ1) is 13.7. The first kappa shape index (κ1) is 17.4. The van der Waals surface area contributed by atoms with Gasteiger partial charge in [0.15, 0.2) is 0 Å². The summed E-state index contributed by atoms with van der Waals surface area (Å²) in [7, 11) is 0. The number of halogens is 1. The summed E-state index contributed by atoms with van der Waals surface area (Å²) in [5.41, 5.74) is 3.87. The second-order valence-electron chi connectivity index (χ2n) is 7.94. The largest absolute Gasteiger partial charge is 0.333 e. The highest BCUT2D eigenvalue weighted by Crippen LogP contribution is 2.31. The second-order valence-corrected chi connectivity index (χ2v) is 7.94. The van der Waals surface area contributed by atoms with E-state index in [9.17, 15) is 9.18 Å². The fourth-order valence-corrected chi connectivity index (χ4v) is 4.54. The van der Waals surface area contributed by atoms with E-state index in [4.69, 9.17) is 0 Å². The number of piperidine rings is 1. The molecule has 0 N–H and O–H groups in total. The topological polar surface area (TPSA) is 25.2 Å². The molecule has 0 atom stereocenters. The predicted molar refractivity (Wildman–Crippen MR) is 109 cm³/mol. The Morgan fingerprint density at radius 1 is 1.04 bits per heavy atom. The molecule has 0 amide bonds. The minimum Gasteiger partial charge on any atom is -0.333 e. The summed E-state index contributed by atoms with van der Waals surface area (Å²) < 4.78 is 15.5. The van der Waals surface area contributed by atoms with Crippen molar-refractivity contribution in [3.05, 3.63) is 83.3 Å². The minimum atomic E-state index is -0.262. The Morgan fingerprint density at radius 3 is 2.61 bits per heavy atom. The highest BCUT2D eigenvalue weighted by Gasteiger charge is 2.28. The third kappa shape index (κ3) is 3.18. The van der Waals surface area contributed by atoms with Gasteiger partial charge in [0.1, 0.15) is 5.82 Å². The molecule has 0 spiro atoms. The fraction of sp³-hybridized carbons (Fsp3) is 0.292. The van der Waals surface area contributed by atoms with Gasteiger partial charge in [-0.15, -0.1) is 0 Å². The molecular formula is C24H23FN2O. The fourth-order valence-electron chi connectivity index (χ4n) is 4.54. The van der Waals surface area contributed by atoms with Crippen LogP contribution in [0.25, 0.3) is 10.9 Å². The third-order valence-corrected chi connectivity index (χ3v) is 6.03. The number of rotatable bonds is 3. The maximum Gasteiger partial charge on any atom is 0.206 e. The molecule has 1 fully saturated rings. The van der Waals surface area contributed by atoms with Gasteiger partial charge in [0, 0.05) is 23.0 Å². The molecule has 3 aromatic rings. The van der Waals surface area contributed by atoms with Crippen LogP contribution in [0.15, 0.2) is 66.2 Å². The number of hydrogen-bond donors (Lipinski definition) is 0. The van der Waals surface area contributed by atoms with Crippen LogP contribution in [0.5, 0.6) is 0 Å². The highest BCUT2D eigenvalue weighted by atomic mass is 19.1. The lowest BCUT2D eigenvalue weighted by Crippen LogP contribution is -2.32. The van der Waals surface area contributed by atoms with Gasteiger partial charge in [-0.3, -0.25) is 9.69 Å². The summed E-state index contributed by atoms with van der Waals surface area (Å²) in [6.07, 6.45) is 4.37. The van der Waals surface area contributed by atoms with Crippen molar-refractivity contribution in [2.24, 2.45) is 5.92 Å². The van der Waals surface area contributed by atoms with Crippen LogP contribution >= 0.6 is 0 Å². The molecular weight excluding hydrogens is 351 g/mol. The van der Waals surface area contributed by atoms with E-state index in [1.165, 1.54) is 17.7 Å². The number of carbonyl (C=O) groups excluding carboxylic acids is 1. The van der Waals surface area contributed by atoms with E-state index in [1.807, 2.05) is 10.6 Å². The Bertz CT molecular complexity index is 1060. The molecule has 2 aliphatic heterocycles. The molecule has 0 unspecified atom stereocenters. The summed E-state index contributed by atoms with van der Waals surface area (Å²) in [5, 5.41) is 0.802. The summed E-state index contributed by atoms with van der Waals surface area (Å²) in [6.45, 7) is 3.72. The number of nitrogens with zero attached hydrogens (tertiary/aromatic N) is 2. The number of carbonyl (C=O) groups is 1. The number of benzene rings is 2. The molecule has 0 saturated carbocycles. The average Bonchev–Trinajstić information content (AvgIpc) is 3.20. The van der Waals surface area contributed by atoms with Crippen molar-refractivity contribution in [2.45, 2.75) is 25.9 Å². The van der Waals surface area contributed by atoms with Crippen molar-refractivity contribution in [1.29, 1.82) is 0 Å². The minimum absolute atomic E-state index is 0.100. The molecule has 2 aliphatic rings. The van der Waals surface area contributed by atoms with Crippen molar-refractivity contribution in [2.75, 3.05) is 13.1 Å². The number of aromatic nitrogens is 1. The average molecular weight is 374 g/mol. The number of hydrogen-bond acceptors (Lipinski definition) is 2. The first-order valence-electron chi connectivity index (χ1n) is 9.98. The Kier molecular flexibility index (Phi) is 4.36. The van der Waals surface area contributed by atoms with Crippen molar-refractivity contribution in [1.82, 2.24) is 9.47 Å². The van der Waals surface area contributed by atoms with Crippen LogP contribution in [-0.4, -0.2) is 28.3 Å². The molecule has 2 aromatic carbocycles. The van der Waals surface area contributed by atoms with Gasteiger partial charge >= 0.3 is 0 Å². The maximum absolute atomic E-state index is 13.4. The van der Waals surface area contributed by atoms with E-state index >= 15 is 0 Å². The summed E-state index contributed by atoms with van der Waals surface area (Å²) >= 11 is 0. The van der Waals surface area contributed by atoms with Crippen LogP contribution in [0, 0.1) is 11.7 Å². The smallest absolute Gasteiger partial charge is 0.206 e. The highest BCUT2D eigenvalue weighted by molar-refractivity contribution is 6.12. The Balaban J connectivity index is 1.26. The van der Waals surface area contributed by atoms with E-state index in [1.54, 1.807) is 6.07 Å². The van der Waals surface area contributed by atoms with Crippen LogP contribution in [0.4, 0.5) is 4.39 Å². The summed E-state index contributed by atoms with van der Waals surface area (Å²) in [4.78, 5) is 15.3. The molecule has 3 heterocycles. The normalized spacial score (nSPS) is 19.6. The number of fused-ring (bicyclic) bond motifs is 3. The Hall–Kier alpha value is -2.72. The van der Waals surface area contributed by atoms with Crippen LogP contribution in [-0.2, 0) is 13.1 Å². The van der Waals surface area contributed by atoms with E-state index in [-0.39, 0.29) is 11.6 Å². The van der Waals surface area contributed by atoms with Gasteiger partial charge in [0.05, 0.1) is 12.2 Å². The van der Waals surface area contributed by atoms with E-state index in [2.05, 4.69) is 41.3 Å². The van der Waals surface area contributed by atoms with E-state index in [0.717, 1.165) is 49.0 Å². The Morgan fingerprint density at radius 2 is 1.82 bits per heavy atom. The van der Waals surface area contributed by atoms with Crippen molar-refractivity contribution < 1.29 is 9.18 Å². The predicted octanol–water partition coefficient (Wildman–Crippen LogP) is 4.82. The number of ketones is 1. The maximum atomic E-state index is 13.4. The number of allylic oxidation sites excluding steroid dienone is 2. The van der Waals surface area contributed by atoms with E-state index in [0.29, 0.717) is 18.2 Å². The van der Waals surface area contributed by atoms with Gasteiger partial charge in [0.25, 0.3) is 0 Å². The van der Waals surface area contributed by atoms with Gasteiger partial charge in [0.2, 0.25) is 5.78 Å². The summed E-state index contributed by atoms with van der Waals surface area (Å²) in [6, 6.07) is 17.1. The van der Waals surface area contributed by atoms with Crippen LogP contribution < -0.4 is 0 Å². The zero-order valence-corrected chi connectivity index (χ0v) is 15.8. The third-order valence-electron chi connectivity index (χ3n) is 6.03. The molecule has 1 saturated heterocycles. The zero-order chi connectivity index (χ0) is 19.1. The van der Waals surface area contributed by atoms with Crippen molar-refractivity contribution in [3.8, 4) is 0 Å². The molecule has 1 aromatic heterocycles. The van der Waals surface area contributed by atoms with Crippen LogP contribution in [0.2, 0.25) is 0 Å². The lowest BCUT2D eigenvalue weighted by atomic mass is 9.93. The lowest BCUT2D eigenvalue weighted by Gasteiger charge is -2.30. The number of Topliss-reactive ketones (excluding diaryl/α,β-unsaturated/α-hetero) is 1. The molecule has 5 rings (SSSR count). The summed E-state index contributed by atoms with van der Waals surface area (Å²) in [5.74, 6) is 0.296. The molecule has 0 radical (unpaired) electrons. The van der Waals surface area contributed by atoms with Gasteiger partial charge in [-0.2, -0.15) is 0 Å². The molecule has 4 heteroatoms. The van der Waals surface area contributed by atoms with Crippen molar-refractivity contribution >= 4 is 16.7 Å². The molecule has 0 aliphatic carbocycles. The van der Waals surface area contributed by atoms with Gasteiger partial charge in [-0.25, -0.2) is 4.39 Å². The second kappa shape index (κ2) is 7.02. The van der Waals surface area contributed by atoms with Gasteiger partial charge in [-0.1, -0.05) is 36.4 Å². The van der Waals surface area contributed by atoms with Crippen LogP contribution in [0.3, 0.4) is 0 Å². The monoisotopic (exact) mass is 374 g/mol. The molecule has 3 nitrogen and oxygen atoms in total. The van der Waals surface area contributed by atoms with Gasteiger partial charge in [-0.05, 0) is 61.7 Å². The van der Waals surface area contributed by atoms with Crippen LogP contribution in [0.1, 0.15) is 28.9 Å². The lowest BCUT2D eigenvalue weighted by molar-refractivity contribution is 0.103. The van der Waals surface area contributed by atoms with E-state index < -0.39 is 0 Å². The number of likely N-dealkylation sites (tertiary alicyclic amines) is 1. The first-order valence-corrected chi connectivity index (χ1v) is 9.98. The standard InChI is InChI=1S/C24H23FN2O/c25-21-6-7-22-19(13-21)14-23-24(28)20(16-27(22)23)12-17-8-10-26(11-9-17)15-18-4-2-1-3-5-18/h1-7,12-14,17H,8-11,15-16H2/b20-12-. The SMILES string of the molecule is O=C1/C(=C\C2CCN(Cc3ccccc3)CC2)Cn2c1cc1cc(F)ccc12. The molecule has 0 bridgehead atoms. The quantitative estimate of drug-likeness (QED) is 0.615. The molecule has 142 valence electrons. The molecule has 28 heavy (non-hydrogen) atoms. The van der Waals surface area contributed by atoms with Gasteiger partial charge < -0.3 is 4.57 Å². The van der Waals surface area contributed by atoms with Crippen molar-refractivity contribution in [3.63, 3.8) is 0 Å². The zero-order valence-electron chi connectivity index (χ0n) is 15.8. The Labute approximate surface area is 164 Å².